The van der Waals surface area contributed by atoms with Crippen molar-refractivity contribution in [3.8, 4) is 0 Å². The normalized spacial score (nSPS) is 15.1. The molecule has 1 saturated carbocycles. The summed E-state index contributed by atoms with van der Waals surface area (Å²) in [6, 6.07) is 4.74. The van der Waals surface area contributed by atoms with E-state index < -0.39 is 5.97 Å². The van der Waals surface area contributed by atoms with Crippen molar-refractivity contribution in [2.24, 2.45) is 5.92 Å². The van der Waals surface area contributed by atoms with Crippen LogP contribution in [0.5, 0.6) is 0 Å². The monoisotopic (exact) mass is 315 g/mol. The van der Waals surface area contributed by atoms with E-state index in [0.717, 1.165) is 23.9 Å². The number of carboxylic acid groups (broad SMARTS) is 1. The van der Waals surface area contributed by atoms with Crippen LogP contribution >= 0.6 is 15.9 Å². The number of aliphatic carboxylic acids is 1. The van der Waals surface area contributed by atoms with Gasteiger partial charge in [-0.2, -0.15) is 0 Å². The predicted octanol–water partition coefficient (Wildman–Crippen LogP) is 2.88. The van der Waals surface area contributed by atoms with Gasteiger partial charge < -0.3 is 5.11 Å². The minimum Gasteiger partial charge on any atom is -0.480 e. The van der Waals surface area contributed by atoms with E-state index in [1.54, 1.807) is 17.0 Å². The Hall–Kier alpha value is -0.940. The molecule has 0 atom stereocenters. The molecule has 0 aliphatic heterocycles. The van der Waals surface area contributed by atoms with Gasteiger partial charge in [-0.05, 0) is 37.0 Å². The molecule has 2 rings (SSSR count). The Morgan fingerprint density at radius 3 is 2.83 bits per heavy atom. The van der Waals surface area contributed by atoms with Crippen LogP contribution in [0.3, 0.4) is 0 Å². The summed E-state index contributed by atoms with van der Waals surface area (Å²) in [7, 11) is 0. The Morgan fingerprint density at radius 1 is 1.50 bits per heavy atom. The number of carboxylic acids is 1. The Kier molecular flexibility index (Phi) is 4.35. The molecule has 1 aliphatic rings. The van der Waals surface area contributed by atoms with Gasteiger partial charge in [0.25, 0.3) is 0 Å². The van der Waals surface area contributed by atoms with Crippen molar-refractivity contribution in [1.82, 2.24) is 4.90 Å². The molecule has 1 aromatic carbocycles. The van der Waals surface area contributed by atoms with Gasteiger partial charge >= 0.3 is 5.97 Å². The zero-order valence-electron chi connectivity index (χ0n) is 9.90. The minimum atomic E-state index is -0.869. The van der Waals surface area contributed by atoms with Crippen LogP contribution in [-0.4, -0.2) is 29.1 Å². The second-order valence-electron chi connectivity index (χ2n) is 4.74. The number of carbonyl (C=O) groups is 1. The molecule has 0 bridgehead atoms. The molecule has 0 radical (unpaired) electrons. The zero-order valence-corrected chi connectivity index (χ0v) is 11.5. The average molecular weight is 316 g/mol. The molecule has 0 saturated heterocycles. The first-order valence-electron chi connectivity index (χ1n) is 5.92. The van der Waals surface area contributed by atoms with Crippen LogP contribution in [-0.2, 0) is 11.3 Å². The van der Waals surface area contributed by atoms with Gasteiger partial charge in [0.2, 0.25) is 0 Å². The Labute approximate surface area is 114 Å². The molecule has 0 amide bonds. The van der Waals surface area contributed by atoms with E-state index in [0.29, 0.717) is 18.0 Å². The van der Waals surface area contributed by atoms with Gasteiger partial charge in [0.05, 0.1) is 6.54 Å². The van der Waals surface area contributed by atoms with Crippen LogP contribution in [0, 0.1) is 11.7 Å². The van der Waals surface area contributed by atoms with E-state index in [1.807, 2.05) is 0 Å². The average Bonchev–Trinajstić information content (AvgIpc) is 3.06. The SMILES string of the molecule is O=C(O)CN(Cc1cc(Br)ccc1F)CC1CC1. The number of hydrogen-bond donors (Lipinski definition) is 1. The van der Waals surface area contributed by atoms with E-state index in [4.69, 9.17) is 5.11 Å². The van der Waals surface area contributed by atoms with Crippen molar-refractivity contribution in [2.75, 3.05) is 13.1 Å². The van der Waals surface area contributed by atoms with E-state index in [9.17, 15) is 9.18 Å². The lowest BCUT2D eigenvalue weighted by molar-refractivity contribution is -0.138. The maximum Gasteiger partial charge on any atom is 0.317 e. The van der Waals surface area contributed by atoms with Crippen LogP contribution < -0.4 is 0 Å². The van der Waals surface area contributed by atoms with Crippen molar-refractivity contribution in [3.05, 3.63) is 34.1 Å². The molecule has 3 nitrogen and oxygen atoms in total. The Balaban J connectivity index is 2.05. The molecule has 1 aromatic rings. The first kappa shape index (κ1) is 13.5. The topological polar surface area (TPSA) is 40.5 Å². The second-order valence-corrected chi connectivity index (χ2v) is 5.66. The molecule has 1 fully saturated rings. The molecule has 0 unspecified atom stereocenters. The summed E-state index contributed by atoms with van der Waals surface area (Å²) < 4.78 is 14.4. The third-order valence-corrected chi connectivity index (χ3v) is 3.47. The molecule has 0 heterocycles. The van der Waals surface area contributed by atoms with Gasteiger partial charge in [-0.15, -0.1) is 0 Å². The molecule has 1 aliphatic carbocycles. The molecule has 18 heavy (non-hydrogen) atoms. The maximum atomic E-state index is 13.6. The summed E-state index contributed by atoms with van der Waals surface area (Å²) in [4.78, 5) is 12.6. The highest BCUT2D eigenvalue weighted by Crippen LogP contribution is 2.30. The van der Waals surface area contributed by atoms with Crippen molar-refractivity contribution in [2.45, 2.75) is 19.4 Å². The summed E-state index contributed by atoms with van der Waals surface area (Å²) >= 11 is 3.30. The fourth-order valence-electron chi connectivity index (χ4n) is 1.95. The fraction of sp³-hybridized carbons (Fsp3) is 0.462. The van der Waals surface area contributed by atoms with Gasteiger partial charge in [0.1, 0.15) is 5.82 Å². The van der Waals surface area contributed by atoms with Gasteiger partial charge in [-0.25, -0.2) is 4.39 Å². The van der Waals surface area contributed by atoms with Crippen LogP contribution in [0.1, 0.15) is 18.4 Å². The van der Waals surface area contributed by atoms with E-state index in [-0.39, 0.29) is 12.4 Å². The summed E-state index contributed by atoms with van der Waals surface area (Å²) in [6.07, 6.45) is 2.30. The van der Waals surface area contributed by atoms with Gasteiger partial charge in [0, 0.05) is 23.1 Å². The third-order valence-electron chi connectivity index (χ3n) is 2.97. The minimum absolute atomic E-state index is 0.0392. The van der Waals surface area contributed by atoms with Crippen molar-refractivity contribution < 1.29 is 14.3 Å². The highest BCUT2D eigenvalue weighted by molar-refractivity contribution is 9.10. The number of halogens is 2. The summed E-state index contributed by atoms with van der Waals surface area (Å²) in [5.41, 5.74) is 0.534. The largest absolute Gasteiger partial charge is 0.480 e. The zero-order chi connectivity index (χ0) is 13.1. The standard InChI is InChI=1S/C13H15BrFNO2/c14-11-3-4-12(15)10(5-11)7-16(8-13(17)18)6-9-1-2-9/h3-5,9H,1-2,6-8H2,(H,17,18). The molecule has 98 valence electrons. The molecule has 1 N–H and O–H groups in total. The highest BCUT2D eigenvalue weighted by Gasteiger charge is 2.25. The lowest BCUT2D eigenvalue weighted by Crippen LogP contribution is -2.31. The van der Waals surface area contributed by atoms with Crippen LogP contribution in [0.25, 0.3) is 0 Å². The van der Waals surface area contributed by atoms with E-state index >= 15 is 0 Å². The molecular weight excluding hydrogens is 301 g/mol. The van der Waals surface area contributed by atoms with Crippen LogP contribution in [0.15, 0.2) is 22.7 Å². The third kappa shape index (κ3) is 4.07. The summed E-state index contributed by atoms with van der Waals surface area (Å²) in [6.45, 7) is 1.04. The number of rotatable bonds is 6. The van der Waals surface area contributed by atoms with Crippen molar-refractivity contribution >= 4 is 21.9 Å². The van der Waals surface area contributed by atoms with Gasteiger partial charge in [-0.1, -0.05) is 15.9 Å². The molecule has 5 heteroatoms. The molecule has 0 aromatic heterocycles. The number of benzene rings is 1. The van der Waals surface area contributed by atoms with Gasteiger partial charge in [-0.3, -0.25) is 9.69 Å². The number of nitrogens with zero attached hydrogens (tertiary/aromatic N) is 1. The first-order chi connectivity index (χ1) is 8.54. The lowest BCUT2D eigenvalue weighted by atomic mass is 10.2. The maximum absolute atomic E-state index is 13.6. The predicted molar refractivity (Wildman–Crippen MR) is 69.7 cm³/mol. The van der Waals surface area contributed by atoms with E-state index in [1.165, 1.54) is 6.07 Å². The van der Waals surface area contributed by atoms with Crippen molar-refractivity contribution in [1.29, 1.82) is 0 Å². The van der Waals surface area contributed by atoms with E-state index in [2.05, 4.69) is 15.9 Å². The fourth-order valence-corrected chi connectivity index (χ4v) is 2.36. The second kappa shape index (κ2) is 5.80. The van der Waals surface area contributed by atoms with Crippen LogP contribution in [0.2, 0.25) is 0 Å². The Morgan fingerprint density at radius 2 is 2.22 bits per heavy atom. The highest BCUT2D eigenvalue weighted by atomic mass is 79.9. The summed E-state index contributed by atoms with van der Waals surface area (Å²) in [5, 5.41) is 8.87. The summed E-state index contributed by atoms with van der Waals surface area (Å²) in [5.74, 6) is -0.574. The molecule has 0 spiro atoms. The lowest BCUT2D eigenvalue weighted by Gasteiger charge is -2.20. The Bertz CT molecular complexity index is 449. The molecular formula is C13H15BrFNO2. The number of hydrogen-bond acceptors (Lipinski definition) is 2. The van der Waals surface area contributed by atoms with Crippen LogP contribution in [0.4, 0.5) is 4.39 Å². The smallest absolute Gasteiger partial charge is 0.317 e. The first-order valence-corrected chi connectivity index (χ1v) is 6.72. The van der Waals surface area contributed by atoms with Crippen molar-refractivity contribution in [3.63, 3.8) is 0 Å². The quantitative estimate of drug-likeness (QED) is 0.877. The van der Waals surface area contributed by atoms with Gasteiger partial charge in [0.15, 0.2) is 0 Å².